The van der Waals surface area contributed by atoms with Crippen LogP contribution in [0.25, 0.3) is 16.7 Å². The highest BCUT2D eigenvalue weighted by molar-refractivity contribution is 5.98. The van der Waals surface area contributed by atoms with Crippen LogP contribution in [0.15, 0.2) is 52.0 Å². The highest BCUT2D eigenvalue weighted by atomic mass is 16.3. The summed E-state index contributed by atoms with van der Waals surface area (Å²) in [6, 6.07) is 8.61. The average Bonchev–Trinajstić information content (AvgIpc) is 3.43. The highest BCUT2D eigenvalue weighted by Crippen LogP contribution is 2.18. The predicted octanol–water partition coefficient (Wildman–Crippen LogP) is 1.69. The van der Waals surface area contributed by atoms with Crippen LogP contribution in [0.3, 0.4) is 0 Å². The average molecular weight is 419 g/mol. The molecule has 4 aromatic heterocycles. The standard InChI is InChI=1S/C22H21N5O4/c1-14-5-6-18-23-19-15(20(28)27(18)13-14)12-16(24(19)2)21(29)25-7-9-26(10-8-25)22(30)17-4-3-11-31-17/h3-6,11-13H,7-10H2,1-2H3. The third-order valence-electron chi connectivity index (χ3n) is 5.75. The van der Waals surface area contributed by atoms with Gasteiger partial charge in [0.1, 0.15) is 17.0 Å². The number of piperazine rings is 1. The molecule has 0 aliphatic carbocycles. The van der Waals surface area contributed by atoms with E-state index in [9.17, 15) is 14.4 Å². The molecule has 0 aromatic carbocycles. The number of hydrogen-bond donors (Lipinski definition) is 0. The van der Waals surface area contributed by atoms with Gasteiger partial charge in [0.05, 0.1) is 11.6 Å². The van der Waals surface area contributed by atoms with E-state index in [2.05, 4.69) is 4.98 Å². The van der Waals surface area contributed by atoms with Crippen molar-refractivity contribution in [1.82, 2.24) is 23.8 Å². The van der Waals surface area contributed by atoms with Crippen molar-refractivity contribution in [3.05, 3.63) is 70.2 Å². The second kappa shape index (κ2) is 7.12. The molecule has 1 saturated heterocycles. The van der Waals surface area contributed by atoms with E-state index in [4.69, 9.17) is 4.42 Å². The second-order valence-electron chi connectivity index (χ2n) is 7.74. The zero-order chi connectivity index (χ0) is 21.7. The van der Waals surface area contributed by atoms with Gasteiger partial charge in [-0.2, -0.15) is 0 Å². The van der Waals surface area contributed by atoms with E-state index in [1.54, 1.807) is 51.9 Å². The number of pyridine rings is 1. The van der Waals surface area contributed by atoms with Crippen LogP contribution in [-0.2, 0) is 7.05 Å². The van der Waals surface area contributed by atoms with Crippen molar-refractivity contribution in [2.75, 3.05) is 26.2 Å². The van der Waals surface area contributed by atoms with Gasteiger partial charge in [-0.15, -0.1) is 0 Å². The fourth-order valence-corrected chi connectivity index (χ4v) is 4.01. The van der Waals surface area contributed by atoms with Crippen molar-refractivity contribution in [3.63, 3.8) is 0 Å². The predicted molar refractivity (Wildman–Crippen MR) is 113 cm³/mol. The fourth-order valence-electron chi connectivity index (χ4n) is 4.01. The Balaban J connectivity index is 1.42. The number of furan rings is 1. The summed E-state index contributed by atoms with van der Waals surface area (Å²) in [5.41, 5.74) is 2.16. The molecule has 5 heterocycles. The van der Waals surface area contributed by atoms with Crippen LogP contribution in [0.1, 0.15) is 26.6 Å². The van der Waals surface area contributed by atoms with Gasteiger partial charge < -0.3 is 18.8 Å². The van der Waals surface area contributed by atoms with Crippen molar-refractivity contribution >= 4 is 28.5 Å². The summed E-state index contributed by atoms with van der Waals surface area (Å²) in [5, 5.41) is 0.403. The molecule has 0 N–H and O–H groups in total. The second-order valence-corrected chi connectivity index (χ2v) is 7.74. The molecule has 4 aromatic rings. The van der Waals surface area contributed by atoms with E-state index in [0.29, 0.717) is 54.3 Å². The Hall–Kier alpha value is -3.88. The topological polar surface area (TPSA) is 93.1 Å². The summed E-state index contributed by atoms with van der Waals surface area (Å²) in [6.45, 7) is 3.55. The minimum absolute atomic E-state index is 0.180. The zero-order valence-corrected chi connectivity index (χ0v) is 17.2. The van der Waals surface area contributed by atoms with Crippen molar-refractivity contribution in [1.29, 1.82) is 0 Å². The third kappa shape index (κ3) is 3.09. The molecule has 31 heavy (non-hydrogen) atoms. The highest BCUT2D eigenvalue weighted by Gasteiger charge is 2.28. The van der Waals surface area contributed by atoms with E-state index in [1.807, 2.05) is 13.0 Å². The minimum atomic E-state index is -0.202. The molecule has 9 heteroatoms. The summed E-state index contributed by atoms with van der Waals surface area (Å²) >= 11 is 0. The van der Waals surface area contributed by atoms with Gasteiger partial charge in [0.2, 0.25) is 0 Å². The molecule has 0 saturated carbocycles. The summed E-state index contributed by atoms with van der Waals surface area (Å²) < 4.78 is 8.35. The first-order valence-corrected chi connectivity index (χ1v) is 10.0. The summed E-state index contributed by atoms with van der Waals surface area (Å²) in [4.78, 5) is 46.6. The first kappa shape index (κ1) is 19.1. The smallest absolute Gasteiger partial charge is 0.289 e. The number of carbonyl (C=O) groups excluding carboxylic acids is 2. The van der Waals surface area contributed by atoms with Gasteiger partial charge in [0.25, 0.3) is 17.4 Å². The van der Waals surface area contributed by atoms with E-state index in [0.717, 1.165) is 5.56 Å². The largest absolute Gasteiger partial charge is 0.459 e. The van der Waals surface area contributed by atoms with Gasteiger partial charge in [0.15, 0.2) is 5.76 Å². The SMILES string of the molecule is Cc1ccc2nc3c(cc(C(=O)N4CCN(C(=O)c5ccco5)CC4)n3C)c(=O)n2c1. The quantitative estimate of drug-likeness (QED) is 0.493. The van der Waals surface area contributed by atoms with Crippen LogP contribution in [-0.4, -0.2) is 61.7 Å². The number of carbonyl (C=O) groups is 2. The van der Waals surface area contributed by atoms with E-state index < -0.39 is 0 Å². The van der Waals surface area contributed by atoms with Gasteiger partial charge in [-0.1, -0.05) is 6.07 Å². The van der Waals surface area contributed by atoms with E-state index >= 15 is 0 Å². The van der Waals surface area contributed by atoms with Crippen LogP contribution < -0.4 is 5.56 Å². The molecular formula is C22H21N5O4. The zero-order valence-electron chi connectivity index (χ0n) is 17.2. The Kier molecular flexibility index (Phi) is 4.39. The lowest BCUT2D eigenvalue weighted by Gasteiger charge is -2.34. The number of aromatic nitrogens is 3. The van der Waals surface area contributed by atoms with E-state index in [1.165, 1.54) is 10.7 Å². The fraction of sp³-hybridized carbons (Fsp3) is 0.273. The molecular weight excluding hydrogens is 398 g/mol. The Bertz CT molecular complexity index is 1370. The molecule has 1 aliphatic rings. The van der Waals surface area contributed by atoms with Crippen molar-refractivity contribution < 1.29 is 14.0 Å². The lowest BCUT2D eigenvalue weighted by molar-refractivity contribution is 0.0513. The van der Waals surface area contributed by atoms with Crippen molar-refractivity contribution in [2.24, 2.45) is 7.05 Å². The van der Waals surface area contributed by atoms with Crippen LogP contribution in [0.2, 0.25) is 0 Å². The summed E-state index contributed by atoms with van der Waals surface area (Å²) in [5.74, 6) is -0.0709. The van der Waals surface area contributed by atoms with Crippen LogP contribution in [0, 0.1) is 6.92 Å². The number of aryl methyl sites for hydroxylation is 2. The van der Waals surface area contributed by atoms with Gasteiger partial charge in [-0.3, -0.25) is 18.8 Å². The first-order valence-electron chi connectivity index (χ1n) is 10.0. The lowest BCUT2D eigenvalue weighted by Crippen LogP contribution is -2.50. The first-order chi connectivity index (χ1) is 14.9. The Morgan fingerprint density at radius 1 is 1.03 bits per heavy atom. The number of hydrogen-bond acceptors (Lipinski definition) is 5. The monoisotopic (exact) mass is 419 g/mol. The molecule has 0 bridgehead atoms. The van der Waals surface area contributed by atoms with E-state index in [-0.39, 0.29) is 17.4 Å². The molecule has 1 fully saturated rings. The molecule has 2 amide bonds. The molecule has 0 spiro atoms. The van der Waals surface area contributed by atoms with Crippen molar-refractivity contribution in [3.8, 4) is 0 Å². The normalized spacial score (nSPS) is 14.5. The molecule has 158 valence electrons. The van der Waals surface area contributed by atoms with Gasteiger partial charge in [-0.05, 0) is 36.8 Å². The Labute approximate surface area is 177 Å². The molecule has 9 nitrogen and oxygen atoms in total. The maximum absolute atomic E-state index is 13.2. The van der Waals surface area contributed by atoms with Gasteiger partial charge in [0, 0.05) is 39.4 Å². The maximum atomic E-state index is 13.2. The molecule has 0 unspecified atom stereocenters. The Morgan fingerprint density at radius 3 is 2.42 bits per heavy atom. The van der Waals surface area contributed by atoms with Gasteiger partial charge in [-0.25, -0.2) is 4.98 Å². The number of amides is 2. The summed E-state index contributed by atoms with van der Waals surface area (Å²) in [7, 11) is 1.74. The molecule has 0 radical (unpaired) electrons. The molecule has 5 rings (SSSR count). The van der Waals surface area contributed by atoms with Crippen LogP contribution in [0.5, 0.6) is 0 Å². The lowest BCUT2D eigenvalue weighted by atomic mass is 10.2. The maximum Gasteiger partial charge on any atom is 0.289 e. The Morgan fingerprint density at radius 2 is 1.74 bits per heavy atom. The number of nitrogens with zero attached hydrogens (tertiary/aromatic N) is 5. The third-order valence-corrected chi connectivity index (χ3v) is 5.75. The van der Waals surface area contributed by atoms with Gasteiger partial charge >= 0.3 is 0 Å². The summed E-state index contributed by atoms with van der Waals surface area (Å²) in [6.07, 6.45) is 3.21. The number of fused-ring (bicyclic) bond motifs is 2. The van der Waals surface area contributed by atoms with Crippen LogP contribution in [0.4, 0.5) is 0 Å². The van der Waals surface area contributed by atoms with Crippen molar-refractivity contribution in [2.45, 2.75) is 6.92 Å². The molecule has 0 atom stereocenters. The number of rotatable bonds is 2. The minimum Gasteiger partial charge on any atom is -0.459 e. The molecule has 1 aliphatic heterocycles. The van der Waals surface area contributed by atoms with Crippen LogP contribution >= 0.6 is 0 Å².